The SMILES string of the molecule is Cl.ClCc1nc2ccccc2c(-c2ccccc2)c1Cl. The van der Waals surface area contributed by atoms with E-state index >= 15 is 0 Å². The van der Waals surface area contributed by atoms with Crippen molar-refractivity contribution in [1.82, 2.24) is 4.98 Å². The van der Waals surface area contributed by atoms with Crippen molar-refractivity contribution in [3.63, 3.8) is 0 Å². The van der Waals surface area contributed by atoms with E-state index < -0.39 is 0 Å². The maximum absolute atomic E-state index is 6.48. The highest BCUT2D eigenvalue weighted by Gasteiger charge is 2.13. The van der Waals surface area contributed by atoms with E-state index in [1.807, 2.05) is 54.6 Å². The fourth-order valence-corrected chi connectivity index (χ4v) is 2.80. The van der Waals surface area contributed by atoms with Crippen molar-refractivity contribution in [2.45, 2.75) is 5.88 Å². The monoisotopic (exact) mass is 323 g/mol. The van der Waals surface area contributed by atoms with Crippen LogP contribution in [0.4, 0.5) is 0 Å². The third kappa shape index (κ3) is 2.62. The summed E-state index contributed by atoms with van der Waals surface area (Å²) in [6.45, 7) is 0. The van der Waals surface area contributed by atoms with E-state index in [1.165, 1.54) is 0 Å². The largest absolute Gasteiger partial charge is 0.250 e. The third-order valence-corrected chi connectivity index (χ3v) is 3.75. The van der Waals surface area contributed by atoms with Crippen molar-refractivity contribution in [3.8, 4) is 11.1 Å². The van der Waals surface area contributed by atoms with Crippen LogP contribution >= 0.6 is 35.6 Å². The number of benzene rings is 2. The van der Waals surface area contributed by atoms with E-state index in [0.717, 1.165) is 27.7 Å². The van der Waals surface area contributed by atoms with Crippen LogP contribution in [-0.4, -0.2) is 4.98 Å². The van der Waals surface area contributed by atoms with Gasteiger partial charge in [0.25, 0.3) is 0 Å². The molecule has 0 amide bonds. The topological polar surface area (TPSA) is 12.9 Å². The maximum Gasteiger partial charge on any atom is 0.0751 e. The summed E-state index contributed by atoms with van der Waals surface area (Å²) in [6, 6.07) is 18.1. The van der Waals surface area contributed by atoms with E-state index in [4.69, 9.17) is 23.2 Å². The van der Waals surface area contributed by atoms with Gasteiger partial charge in [-0.05, 0) is 11.6 Å². The first-order valence-corrected chi connectivity index (χ1v) is 6.91. The average molecular weight is 325 g/mol. The standard InChI is InChI=1S/C16H11Cl2N.ClH/c17-10-14-16(18)15(11-6-2-1-3-7-11)12-8-4-5-9-13(12)19-14;/h1-9H,10H2;1H. The molecule has 0 spiro atoms. The Hall–Kier alpha value is -1.28. The van der Waals surface area contributed by atoms with Crippen LogP contribution in [-0.2, 0) is 5.88 Å². The van der Waals surface area contributed by atoms with Gasteiger partial charge in [-0.3, -0.25) is 0 Å². The molecule has 0 bridgehead atoms. The summed E-state index contributed by atoms with van der Waals surface area (Å²) in [5.74, 6) is 0.309. The molecule has 2 aromatic carbocycles. The van der Waals surface area contributed by atoms with Gasteiger partial charge in [-0.1, -0.05) is 60.1 Å². The van der Waals surface area contributed by atoms with E-state index in [2.05, 4.69) is 4.98 Å². The molecule has 1 nitrogen and oxygen atoms in total. The van der Waals surface area contributed by atoms with Crippen LogP contribution in [0.1, 0.15) is 5.69 Å². The Labute approximate surface area is 134 Å². The number of fused-ring (bicyclic) bond motifs is 1. The van der Waals surface area contributed by atoms with Crippen molar-refractivity contribution in [3.05, 3.63) is 65.3 Å². The molecule has 20 heavy (non-hydrogen) atoms. The lowest BCUT2D eigenvalue weighted by Crippen LogP contribution is -1.93. The van der Waals surface area contributed by atoms with E-state index in [0.29, 0.717) is 10.9 Å². The molecule has 4 heteroatoms. The molecule has 0 atom stereocenters. The normalized spacial score (nSPS) is 10.3. The molecule has 0 aliphatic heterocycles. The molecular formula is C16H12Cl3N. The van der Waals surface area contributed by atoms with Crippen LogP contribution in [0.5, 0.6) is 0 Å². The number of aromatic nitrogens is 1. The Morgan fingerprint density at radius 2 is 1.55 bits per heavy atom. The number of nitrogens with zero attached hydrogens (tertiary/aromatic N) is 1. The van der Waals surface area contributed by atoms with Crippen LogP contribution < -0.4 is 0 Å². The highest BCUT2D eigenvalue weighted by atomic mass is 35.5. The summed E-state index contributed by atoms with van der Waals surface area (Å²) >= 11 is 12.4. The smallest absolute Gasteiger partial charge is 0.0751 e. The Balaban J connectivity index is 0.00000147. The van der Waals surface area contributed by atoms with Crippen molar-refractivity contribution >= 4 is 46.5 Å². The first-order chi connectivity index (χ1) is 9.31. The molecule has 102 valence electrons. The highest BCUT2D eigenvalue weighted by Crippen LogP contribution is 2.36. The number of para-hydroxylation sites is 1. The van der Waals surface area contributed by atoms with E-state index in [1.54, 1.807) is 0 Å². The molecule has 0 saturated heterocycles. The zero-order valence-corrected chi connectivity index (χ0v) is 12.8. The molecule has 3 aromatic rings. The Kier molecular flexibility index (Phi) is 4.87. The molecule has 1 aromatic heterocycles. The fraction of sp³-hybridized carbons (Fsp3) is 0.0625. The van der Waals surface area contributed by atoms with Crippen LogP contribution in [0.2, 0.25) is 5.02 Å². The van der Waals surface area contributed by atoms with E-state index in [-0.39, 0.29) is 12.4 Å². The predicted molar refractivity (Wildman–Crippen MR) is 89.0 cm³/mol. The van der Waals surface area contributed by atoms with Gasteiger partial charge < -0.3 is 0 Å². The minimum atomic E-state index is 0. The highest BCUT2D eigenvalue weighted by molar-refractivity contribution is 6.36. The number of halogens is 3. The summed E-state index contributed by atoms with van der Waals surface area (Å²) in [5, 5.41) is 1.69. The molecule has 0 fully saturated rings. The molecular weight excluding hydrogens is 313 g/mol. The number of pyridine rings is 1. The molecule has 0 unspecified atom stereocenters. The van der Waals surface area contributed by atoms with Gasteiger partial charge in [-0.25, -0.2) is 4.98 Å². The number of alkyl halides is 1. The lowest BCUT2D eigenvalue weighted by atomic mass is 10.0. The predicted octanol–water partition coefficient (Wildman–Crippen LogP) is 5.72. The van der Waals surface area contributed by atoms with Gasteiger partial charge in [-0.15, -0.1) is 24.0 Å². The van der Waals surface area contributed by atoms with Gasteiger partial charge in [0.2, 0.25) is 0 Å². The lowest BCUT2D eigenvalue weighted by molar-refractivity contribution is 1.22. The van der Waals surface area contributed by atoms with Crippen LogP contribution in [0, 0.1) is 0 Å². The van der Waals surface area contributed by atoms with Crippen molar-refractivity contribution in [1.29, 1.82) is 0 Å². The number of hydrogen-bond acceptors (Lipinski definition) is 1. The molecule has 0 N–H and O–H groups in total. The second-order valence-corrected chi connectivity index (χ2v) is 4.91. The second kappa shape index (κ2) is 6.45. The quantitative estimate of drug-likeness (QED) is 0.550. The molecule has 0 saturated carbocycles. The summed E-state index contributed by atoms with van der Waals surface area (Å²) in [7, 11) is 0. The second-order valence-electron chi connectivity index (χ2n) is 4.26. The fourth-order valence-electron chi connectivity index (χ4n) is 2.22. The minimum absolute atomic E-state index is 0. The molecule has 0 radical (unpaired) electrons. The lowest BCUT2D eigenvalue weighted by Gasteiger charge is -2.12. The summed E-state index contributed by atoms with van der Waals surface area (Å²) in [5.41, 5.74) is 3.73. The zero-order chi connectivity index (χ0) is 13.2. The Bertz CT molecular complexity index is 726. The molecule has 0 aliphatic carbocycles. The van der Waals surface area contributed by atoms with Crippen LogP contribution in [0.25, 0.3) is 22.0 Å². The van der Waals surface area contributed by atoms with Gasteiger partial charge in [0.05, 0.1) is 22.1 Å². The van der Waals surface area contributed by atoms with Gasteiger partial charge in [0, 0.05) is 10.9 Å². The average Bonchev–Trinajstić information content (AvgIpc) is 2.47. The maximum atomic E-state index is 6.48. The number of rotatable bonds is 2. The van der Waals surface area contributed by atoms with Crippen LogP contribution in [0.15, 0.2) is 54.6 Å². The van der Waals surface area contributed by atoms with Crippen LogP contribution in [0.3, 0.4) is 0 Å². The van der Waals surface area contributed by atoms with Gasteiger partial charge in [-0.2, -0.15) is 0 Å². The Morgan fingerprint density at radius 3 is 2.25 bits per heavy atom. The van der Waals surface area contributed by atoms with Gasteiger partial charge >= 0.3 is 0 Å². The summed E-state index contributed by atoms with van der Waals surface area (Å²) in [6.07, 6.45) is 0. The number of hydrogen-bond donors (Lipinski definition) is 0. The molecule has 0 aliphatic rings. The first-order valence-electron chi connectivity index (χ1n) is 6.00. The minimum Gasteiger partial charge on any atom is -0.250 e. The molecule has 3 rings (SSSR count). The summed E-state index contributed by atoms with van der Waals surface area (Å²) in [4.78, 5) is 4.52. The third-order valence-electron chi connectivity index (χ3n) is 3.09. The van der Waals surface area contributed by atoms with E-state index in [9.17, 15) is 0 Å². The Morgan fingerprint density at radius 1 is 0.900 bits per heavy atom. The van der Waals surface area contributed by atoms with Gasteiger partial charge in [0.15, 0.2) is 0 Å². The van der Waals surface area contributed by atoms with Crippen molar-refractivity contribution < 1.29 is 0 Å². The van der Waals surface area contributed by atoms with Crippen molar-refractivity contribution in [2.24, 2.45) is 0 Å². The van der Waals surface area contributed by atoms with Gasteiger partial charge in [0.1, 0.15) is 0 Å². The zero-order valence-electron chi connectivity index (χ0n) is 10.5. The molecule has 1 heterocycles. The van der Waals surface area contributed by atoms with Crippen molar-refractivity contribution in [2.75, 3.05) is 0 Å². The summed E-state index contributed by atoms with van der Waals surface area (Å²) < 4.78 is 0. The first kappa shape index (κ1) is 15.1.